The fraction of sp³-hybridized carbons (Fsp3) is 0.375. The number of pyridine rings is 1. The average Bonchev–Trinajstić information content (AvgIpc) is 3.53. The van der Waals surface area contributed by atoms with Crippen LogP contribution >= 0.6 is 0 Å². The molecule has 1 amide bonds. The smallest absolute Gasteiger partial charge is 0.393 e. The number of benzene rings is 3. The van der Waals surface area contributed by atoms with Crippen molar-refractivity contribution in [2.24, 2.45) is 0 Å². The van der Waals surface area contributed by atoms with E-state index in [1.54, 1.807) is 46.6 Å². The van der Waals surface area contributed by atoms with Gasteiger partial charge in [0, 0.05) is 37.6 Å². The van der Waals surface area contributed by atoms with Crippen LogP contribution in [0.2, 0.25) is 0 Å². The number of amides is 1. The monoisotopic (exact) mass is 780 g/mol. The zero-order valence-corrected chi connectivity index (χ0v) is 32.1. The van der Waals surface area contributed by atoms with Crippen LogP contribution in [0.3, 0.4) is 0 Å². The molecule has 2 N–H and O–H groups in total. The summed E-state index contributed by atoms with van der Waals surface area (Å²) in [6.07, 6.45) is -2.83. The molecular weight excluding hydrogens is 737 g/mol. The van der Waals surface area contributed by atoms with Crippen LogP contribution < -0.4 is 19.7 Å². The van der Waals surface area contributed by atoms with Gasteiger partial charge in [-0.15, -0.1) is 0 Å². The molecule has 0 radical (unpaired) electrons. The van der Waals surface area contributed by atoms with Gasteiger partial charge in [-0.25, -0.2) is 18.3 Å². The maximum Gasteiger partial charge on any atom is 0.393 e. The molecule has 2 aromatic heterocycles. The first kappa shape index (κ1) is 39.7. The van der Waals surface area contributed by atoms with Crippen LogP contribution in [-0.4, -0.2) is 56.5 Å². The van der Waals surface area contributed by atoms with Gasteiger partial charge >= 0.3 is 6.18 Å². The molecule has 3 aromatic carbocycles. The minimum Gasteiger partial charge on any atom is -0.486 e. The van der Waals surface area contributed by atoms with Gasteiger partial charge in [0.1, 0.15) is 23.4 Å². The highest BCUT2D eigenvalue weighted by Gasteiger charge is 2.32. The Bertz CT molecular complexity index is 2180. The Hall–Kier alpha value is -5.02. The molecule has 55 heavy (non-hydrogen) atoms. The van der Waals surface area contributed by atoms with E-state index in [2.05, 4.69) is 10.6 Å². The molecule has 2 unspecified atom stereocenters. The van der Waals surface area contributed by atoms with Gasteiger partial charge in [0.25, 0.3) is 5.91 Å². The Kier molecular flexibility index (Phi) is 11.8. The standard InChI is InChI=1S/C40H44F4N6O4S/c1-39(2,3)47-38(51)36-35-32(50(48-36)34-17-11-12-18-53-34)21-30(46-37(35)45-23-26-15-9-10-16-31(26)49(4)55(5)52)28-20-29(41)33(19-27(28)22-40(42,43)44)54-24-25-13-7-6-8-14-25/h6-10,13-16,19-21,34H,11-12,17-18,22-24H2,1-5H3,(H,45,46)(H,47,51). The minimum atomic E-state index is -4.65. The van der Waals surface area contributed by atoms with E-state index in [-0.39, 0.29) is 47.2 Å². The molecule has 1 fully saturated rings. The fourth-order valence-corrected chi connectivity index (χ4v) is 6.90. The lowest BCUT2D eigenvalue weighted by Crippen LogP contribution is -2.41. The Labute approximate surface area is 319 Å². The highest BCUT2D eigenvalue weighted by molar-refractivity contribution is 7.85. The van der Waals surface area contributed by atoms with Crippen LogP contribution in [0, 0.1) is 5.82 Å². The third-order valence-electron chi connectivity index (χ3n) is 9.05. The van der Waals surface area contributed by atoms with Gasteiger partial charge in [-0.2, -0.15) is 18.3 Å². The lowest BCUT2D eigenvalue weighted by molar-refractivity contribution is -0.127. The number of alkyl halides is 3. The van der Waals surface area contributed by atoms with Crippen molar-refractivity contribution in [1.82, 2.24) is 20.1 Å². The molecule has 0 saturated carbocycles. The molecule has 1 aliphatic heterocycles. The van der Waals surface area contributed by atoms with E-state index in [1.807, 2.05) is 51.1 Å². The number of carbonyl (C=O) groups is 1. The number of anilines is 2. The van der Waals surface area contributed by atoms with E-state index < -0.39 is 47.1 Å². The van der Waals surface area contributed by atoms with Crippen LogP contribution in [0.25, 0.3) is 22.2 Å². The Morgan fingerprint density at radius 3 is 2.44 bits per heavy atom. The molecule has 1 aliphatic rings. The quantitative estimate of drug-likeness (QED) is 0.122. The summed E-state index contributed by atoms with van der Waals surface area (Å²) >= 11 is 0. The number of para-hydroxylation sites is 1. The van der Waals surface area contributed by atoms with Gasteiger partial charge in [-0.1, -0.05) is 48.5 Å². The summed E-state index contributed by atoms with van der Waals surface area (Å²) in [6.45, 7) is 6.01. The predicted octanol–water partition coefficient (Wildman–Crippen LogP) is 8.49. The van der Waals surface area contributed by atoms with E-state index in [1.165, 1.54) is 6.07 Å². The molecule has 292 valence electrons. The summed E-state index contributed by atoms with van der Waals surface area (Å²) in [5.74, 6) is -1.56. The van der Waals surface area contributed by atoms with Gasteiger partial charge in [0.15, 0.2) is 23.5 Å². The van der Waals surface area contributed by atoms with Gasteiger partial charge in [0.05, 0.1) is 28.7 Å². The molecule has 0 aliphatic carbocycles. The third-order valence-corrected chi connectivity index (χ3v) is 10.0. The summed E-state index contributed by atoms with van der Waals surface area (Å²) in [4.78, 5) is 18.7. The van der Waals surface area contributed by atoms with Crippen LogP contribution in [0.1, 0.15) is 73.4 Å². The maximum atomic E-state index is 15.9. The number of fused-ring (bicyclic) bond motifs is 1. The van der Waals surface area contributed by atoms with E-state index in [4.69, 9.17) is 19.6 Å². The number of hydrogen-bond acceptors (Lipinski definition) is 7. The fourth-order valence-electron chi connectivity index (χ4n) is 6.45. The lowest BCUT2D eigenvalue weighted by Gasteiger charge is -2.24. The highest BCUT2D eigenvalue weighted by Crippen LogP contribution is 2.39. The molecule has 0 spiro atoms. The van der Waals surface area contributed by atoms with Crippen molar-refractivity contribution in [2.45, 2.75) is 77.5 Å². The number of aromatic nitrogens is 3. The Morgan fingerprint density at radius 1 is 1.04 bits per heavy atom. The van der Waals surface area contributed by atoms with Crippen molar-refractivity contribution in [1.29, 1.82) is 0 Å². The molecular formula is C40H44F4N6O4S. The lowest BCUT2D eigenvalue weighted by atomic mass is 9.99. The van der Waals surface area contributed by atoms with Crippen LogP contribution in [0.5, 0.6) is 5.75 Å². The van der Waals surface area contributed by atoms with E-state index in [0.717, 1.165) is 30.5 Å². The number of halogens is 4. The number of carbonyl (C=O) groups excluding carboxylic acids is 1. The van der Waals surface area contributed by atoms with Crippen molar-refractivity contribution < 1.29 is 36.0 Å². The van der Waals surface area contributed by atoms with E-state index in [9.17, 15) is 22.2 Å². The second-order valence-electron chi connectivity index (χ2n) is 14.5. The molecule has 1 saturated heterocycles. The second-order valence-corrected chi connectivity index (χ2v) is 15.9. The molecule has 5 aromatic rings. The SMILES string of the molecule is CN(c1ccccc1CNc1nc(-c2cc(F)c(OCc3ccccc3)cc2CC(F)(F)F)cc2c1c(C(=O)NC(C)(C)C)nn2C1CCCCO1)S(C)=O. The van der Waals surface area contributed by atoms with Gasteiger partial charge in [-0.05, 0) is 81.0 Å². The van der Waals surface area contributed by atoms with Crippen molar-refractivity contribution in [3.8, 4) is 17.0 Å². The summed E-state index contributed by atoms with van der Waals surface area (Å²) < 4.78 is 85.9. The van der Waals surface area contributed by atoms with Crippen molar-refractivity contribution in [3.05, 3.63) is 101 Å². The largest absolute Gasteiger partial charge is 0.486 e. The zero-order valence-electron chi connectivity index (χ0n) is 31.3. The molecule has 15 heteroatoms. The normalized spacial score (nSPS) is 15.5. The van der Waals surface area contributed by atoms with Gasteiger partial charge < -0.3 is 20.1 Å². The van der Waals surface area contributed by atoms with Crippen LogP contribution in [-0.2, 0) is 35.3 Å². The van der Waals surface area contributed by atoms with Crippen LogP contribution in [0.15, 0.2) is 72.8 Å². The minimum absolute atomic E-state index is 0.0163. The predicted molar refractivity (Wildman–Crippen MR) is 206 cm³/mol. The number of nitrogens with zero attached hydrogens (tertiary/aromatic N) is 4. The van der Waals surface area contributed by atoms with Gasteiger partial charge in [0.2, 0.25) is 0 Å². The summed E-state index contributed by atoms with van der Waals surface area (Å²) in [7, 11) is 0.348. The second kappa shape index (κ2) is 16.4. The number of rotatable bonds is 12. The number of hydrogen-bond donors (Lipinski definition) is 2. The molecule has 0 bridgehead atoms. The first-order valence-electron chi connectivity index (χ1n) is 17.9. The van der Waals surface area contributed by atoms with E-state index in [0.29, 0.717) is 35.2 Å². The average molecular weight is 781 g/mol. The zero-order chi connectivity index (χ0) is 39.5. The molecule has 3 heterocycles. The summed E-state index contributed by atoms with van der Waals surface area (Å²) in [5.41, 5.74) is 1.53. The van der Waals surface area contributed by atoms with Crippen molar-refractivity contribution >= 4 is 39.3 Å². The van der Waals surface area contributed by atoms with Crippen molar-refractivity contribution in [3.63, 3.8) is 0 Å². The van der Waals surface area contributed by atoms with E-state index >= 15 is 4.39 Å². The molecule has 2 atom stereocenters. The number of ether oxygens (including phenoxy) is 2. The third kappa shape index (κ3) is 9.62. The first-order valence-corrected chi connectivity index (χ1v) is 19.4. The van der Waals surface area contributed by atoms with Crippen molar-refractivity contribution in [2.75, 3.05) is 29.5 Å². The molecule has 6 rings (SSSR count). The summed E-state index contributed by atoms with van der Waals surface area (Å²) in [5, 5.41) is 11.3. The summed E-state index contributed by atoms with van der Waals surface area (Å²) in [6, 6.07) is 19.8. The topological polar surface area (TPSA) is 111 Å². The molecule has 10 nitrogen and oxygen atoms in total. The maximum absolute atomic E-state index is 15.9. The highest BCUT2D eigenvalue weighted by atomic mass is 32.2. The first-order chi connectivity index (χ1) is 26.1. The van der Waals surface area contributed by atoms with Crippen LogP contribution in [0.4, 0.5) is 29.1 Å². The Balaban J connectivity index is 1.55. The van der Waals surface area contributed by atoms with Gasteiger partial charge in [-0.3, -0.25) is 9.10 Å². The Morgan fingerprint density at radius 2 is 1.76 bits per heavy atom. The number of nitrogens with one attached hydrogen (secondary N) is 2.